The molecule has 2 aliphatic heterocycles. The molecule has 31 heavy (non-hydrogen) atoms. The second-order valence-corrected chi connectivity index (χ2v) is 9.22. The Morgan fingerprint density at radius 2 is 1.61 bits per heavy atom. The molecule has 0 radical (unpaired) electrons. The number of rotatable bonds is 5. The largest absolute Gasteiger partial charge is 0.395 e. The van der Waals surface area contributed by atoms with Gasteiger partial charge in [0, 0.05) is 38.8 Å². The van der Waals surface area contributed by atoms with Gasteiger partial charge in [-0.05, 0) is 37.8 Å². The van der Waals surface area contributed by atoms with Crippen LogP contribution in [0.25, 0.3) is 5.57 Å². The maximum atomic E-state index is 13.8. The number of hydrogen-bond acceptors (Lipinski definition) is 5. The maximum absolute atomic E-state index is 13.8. The van der Waals surface area contributed by atoms with Crippen molar-refractivity contribution < 1.29 is 14.7 Å². The number of aliphatic hydroxyl groups is 1. The van der Waals surface area contributed by atoms with E-state index in [1.165, 1.54) is 12.8 Å². The number of amides is 2. The monoisotopic (exact) mass is 425 g/mol. The van der Waals surface area contributed by atoms with Gasteiger partial charge in [-0.3, -0.25) is 19.4 Å². The first kappa shape index (κ1) is 22.0. The molecule has 6 nitrogen and oxygen atoms in total. The minimum Gasteiger partial charge on any atom is -0.395 e. The van der Waals surface area contributed by atoms with Crippen LogP contribution in [-0.2, 0) is 9.59 Å². The second-order valence-electron chi connectivity index (χ2n) is 9.22. The highest BCUT2D eigenvalue weighted by molar-refractivity contribution is 6.36. The fourth-order valence-electron chi connectivity index (χ4n) is 5.35. The summed E-state index contributed by atoms with van der Waals surface area (Å²) in [6.45, 7) is 7.83. The summed E-state index contributed by atoms with van der Waals surface area (Å²) < 4.78 is 0. The molecule has 168 valence electrons. The highest BCUT2D eigenvalue weighted by atomic mass is 16.3. The van der Waals surface area contributed by atoms with Gasteiger partial charge in [-0.1, -0.05) is 49.4 Å². The predicted molar refractivity (Wildman–Crippen MR) is 121 cm³/mol. The van der Waals surface area contributed by atoms with E-state index < -0.39 is 0 Å². The average molecular weight is 426 g/mol. The van der Waals surface area contributed by atoms with Crippen LogP contribution >= 0.6 is 0 Å². The van der Waals surface area contributed by atoms with Crippen molar-refractivity contribution in [3.05, 3.63) is 40.6 Å². The molecule has 1 aromatic rings. The predicted octanol–water partition coefficient (Wildman–Crippen LogP) is 2.72. The summed E-state index contributed by atoms with van der Waals surface area (Å²) in [4.78, 5) is 33.4. The van der Waals surface area contributed by atoms with Gasteiger partial charge in [-0.2, -0.15) is 0 Å². The molecular weight excluding hydrogens is 390 g/mol. The van der Waals surface area contributed by atoms with Crippen molar-refractivity contribution in [1.82, 2.24) is 14.7 Å². The molecule has 2 heterocycles. The average Bonchev–Trinajstić information content (AvgIpc) is 2.92. The first-order chi connectivity index (χ1) is 15.0. The third-order valence-corrected chi connectivity index (χ3v) is 7.04. The quantitative estimate of drug-likeness (QED) is 0.581. The van der Waals surface area contributed by atoms with Crippen molar-refractivity contribution in [2.75, 3.05) is 39.3 Å². The highest BCUT2D eigenvalue weighted by Crippen LogP contribution is 2.37. The highest BCUT2D eigenvalue weighted by Gasteiger charge is 2.45. The van der Waals surface area contributed by atoms with E-state index in [2.05, 4.69) is 15.9 Å². The fraction of sp³-hybridized carbons (Fsp3) is 0.600. The van der Waals surface area contributed by atoms with E-state index in [4.69, 9.17) is 0 Å². The van der Waals surface area contributed by atoms with Crippen LogP contribution in [0.3, 0.4) is 0 Å². The Labute approximate surface area is 185 Å². The summed E-state index contributed by atoms with van der Waals surface area (Å²) >= 11 is 0. The number of piperazine rings is 1. The van der Waals surface area contributed by atoms with Crippen molar-refractivity contribution in [3.63, 3.8) is 0 Å². The minimum absolute atomic E-state index is 0.0106. The number of aryl methyl sites for hydroxylation is 2. The van der Waals surface area contributed by atoms with Crippen LogP contribution in [0.2, 0.25) is 0 Å². The van der Waals surface area contributed by atoms with Gasteiger partial charge in [0.25, 0.3) is 11.8 Å². The van der Waals surface area contributed by atoms with Gasteiger partial charge in [0.15, 0.2) is 0 Å². The smallest absolute Gasteiger partial charge is 0.278 e. The first-order valence-electron chi connectivity index (χ1n) is 11.8. The lowest BCUT2D eigenvalue weighted by Gasteiger charge is -2.36. The lowest BCUT2D eigenvalue weighted by Crippen LogP contribution is -2.49. The van der Waals surface area contributed by atoms with Gasteiger partial charge >= 0.3 is 0 Å². The van der Waals surface area contributed by atoms with Gasteiger partial charge in [0.2, 0.25) is 0 Å². The molecule has 1 aromatic carbocycles. The van der Waals surface area contributed by atoms with Gasteiger partial charge in [-0.25, -0.2) is 0 Å². The third kappa shape index (κ3) is 4.41. The minimum atomic E-state index is -0.114. The molecule has 6 heteroatoms. The van der Waals surface area contributed by atoms with Crippen LogP contribution in [0.4, 0.5) is 0 Å². The molecule has 0 bridgehead atoms. The number of nitrogens with zero attached hydrogens (tertiary/aromatic N) is 3. The lowest BCUT2D eigenvalue weighted by molar-refractivity contribution is -0.140. The Hall–Kier alpha value is -2.18. The zero-order valence-corrected chi connectivity index (χ0v) is 18.9. The molecular formula is C25H35N3O3. The molecule has 2 amide bonds. The molecule has 1 saturated carbocycles. The zero-order valence-electron chi connectivity index (χ0n) is 18.9. The molecule has 0 aromatic heterocycles. The SMILES string of the molecule is Cc1ccc(C2=C(N3CCN(CCO)CC3)C(=O)N(C3CCCCCC3)C2=O)c(C)c1. The molecule has 1 aliphatic carbocycles. The van der Waals surface area contributed by atoms with Crippen molar-refractivity contribution in [2.45, 2.75) is 58.4 Å². The summed E-state index contributed by atoms with van der Waals surface area (Å²) in [6.07, 6.45) is 6.35. The van der Waals surface area contributed by atoms with Crippen molar-refractivity contribution in [2.24, 2.45) is 0 Å². The number of aliphatic hydroxyl groups excluding tert-OH is 1. The van der Waals surface area contributed by atoms with Crippen LogP contribution in [0, 0.1) is 13.8 Å². The normalized spacial score (nSPS) is 21.9. The summed E-state index contributed by atoms with van der Waals surface area (Å²) in [5.41, 5.74) is 4.24. The molecule has 0 unspecified atom stereocenters. The Morgan fingerprint density at radius 3 is 2.23 bits per heavy atom. The second kappa shape index (κ2) is 9.53. The van der Waals surface area contributed by atoms with Crippen LogP contribution < -0.4 is 0 Å². The number of benzene rings is 1. The first-order valence-corrected chi connectivity index (χ1v) is 11.8. The fourth-order valence-corrected chi connectivity index (χ4v) is 5.35. The lowest BCUT2D eigenvalue weighted by atomic mass is 9.97. The van der Waals surface area contributed by atoms with Crippen molar-refractivity contribution in [3.8, 4) is 0 Å². The van der Waals surface area contributed by atoms with Crippen LogP contribution in [0.1, 0.15) is 55.2 Å². The van der Waals surface area contributed by atoms with Gasteiger partial charge < -0.3 is 10.0 Å². The number of carbonyl (C=O) groups is 2. The molecule has 3 aliphatic rings. The molecule has 1 N–H and O–H groups in total. The Bertz CT molecular complexity index is 863. The molecule has 0 spiro atoms. The number of β-amino-alcohol motifs (C(OH)–C–C–N with tert-alkyl or cyclic N) is 1. The van der Waals surface area contributed by atoms with E-state index in [0.29, 0.717) is 30.9 Å². The van der Waals surface area contributed by atoms with E-state index in [-0.39, 0.29) is 24.5 Å². The Balaban J connectivity index is 1.71. The van der Waals surface area contributed by atoms with Gasteiger partial charge in [-0.15, -0.1) is 0 Å². The van der Waals surface area contributed by atoms with Crippen LogP contribution in [0.15, 0.2) is 23.9 Å². The number of hydrogen-bond donors (Lipinski definition) is 1. The molecule has 0 atom stereocenters. The van der Waals surface area contributed by atoms with Crippen molar-refractivity contribution in [1.29, 1.82) is 0 Å². The van der Waals surface area contributed by atoms with E-state index in [1.54, 1.807) is 4.90 Å². The van der Waals surface area contributed by atoms with Crippen LogP contribution in [-0.4, -0.2) is 77.0 Å². The molecule has 2 fully saturated rings. The molecule has 4 rings (SSSR count). The number of carbonyl (C=O) groups excluding carboxylic acids is 2. The van der Waals surface area contributed by atoms with Gasteiger partial charge in [0.05, 0.1) is 12.2 Å². The third-order valence-electron chi connectivity index (χ3n) is 7.04. The molecule has 1 saturated heterocycles. The number of imide groups is 1. The standard InChI is InChI=1S/C25H35N3O3/c1-18-9-10-21(19(2)17-18)22-23(27-13-11-26(12-14-27)15-16-29)25(31)28(24(22)30)20-7-5-3-4-6-8-20/h9-10,17,20,29H,3-8,11-16H2,1-2H3. The summed E-state index contributed by atoms with van der Waals surface area (Å²) in [5, 5.41) is 9.25. The summed E-state index contributed by atoms with van der Waals surface area (Å²) in [6, 6.07) is 6.13. The van der Waals surface area contributed by atoms with Gasteiger partial charge in [0.1, 0.15) is 5.70 Å². The topological polar surface area (TPSA) is 64.1 Å². The van der Waals surface area contributed by atoms with Crippen LogP contribution in [0.5, 0.6) is 0 Å². The van der Waals surface area contributed by atoms with E-state index in [0.717, 1.165) is 55.5 Å². The summed E-state index contributed by atoms with van der Waals surface area (Å²) in [7, 11) is 0. The Morgan fingerprint density at radius 1 is 0.935 bits per heavy atom. The maximum Gasteiger partial charge on any atom is 0.278 e. The summed E-state index contributed by atoms with van der Waals surface area (Å²) in [5.74, 6) is -0.223. The van der Waals surface area contributed by atoms with Crippen molar-refractivity contribution >= 4 is 17.4 Å². The Kier molecular flexibility index (Phi) is 6.77. The van der Waals surface area contributed by atoms with E-state index in [1.807, 2.05) is 26.0 Å². The van der Waals surface area contributed by atoms with E-state index in [9.17, 15) is 14.7 Å². The van der Waals surface area contributed by atoms with E-state index >= 15 is 0 Å². The zero-order chi connectivity index (χ0) is 22.0.